The zero-order chi connectivity index (χ0) is 9.97. The Morgan fingerprint density at radius 3 is 2.93 bits per heavy atom. The number of thiophene rings is 1. The van der Waals surface area contributed by atoms with Gasteiger partial charge < -0.3 is 5.73 Å². The molecule has 0 saturated heterocycles. The van der Waals surface area contributed by atoms with Crippen molar-refractivity contribution in [3.63, 3.8) is 0 Å². The van der Waals surface area contributed by atoms with Crippen molar-refractivity contribution in [1.29, 1.82) is 0 Å². The maximum Gasteiger partial charge on any atom is 0.0962 e. The third-order valence-electron chi connectivity index (χ3n) is 1.94. The van der Waals surface area contributed by atoms with Gasteiger partial charge in [0.2, 0.25) is 0 Å². The van der Waals surface area contributed by atoms with Crippen molar-refractivity contribution in [2.24, 2.45) is 5.73 Å². The molecule has 70 valence electrons. The monoisotopic (exact) mass is 219 g/mol. The predicted octanol–water partition coefficient (Wildman–Crippen LogP) is 3.20. The van der Waals surface area contributed by atoms with Crippen molar-refractivity contribution >= 4 is 44.7 Å². The lowest BCUT2D eigenvalue weighted by Crippen LogP contribution is -2.01. The van der Waals surface area contributed by atoms with Crippen molar-refractivity contribution in [1.82, 2.24) is 0 Å². The summed E-state index contributed by atoms with van der Waals surface area (Å²) in [6.07, 6.45) is 3.71. The number of thiocarbonyl (C=S) groups is 1. The third kappa shape index (κ3) is 1.84. The highest BCUT2D eigenvalue weighted by molar-refractivity contribution is 7.80. The van der Waals surface area contributed by atoms with Crippen molar-refractivity contribution in [3.8, 4) is 0 Å². The topological polar surface area (TPSA) is 26.0 Å². The summed E-state index contributed by atoms with van der Waals surface area (Å²) in [6.45, 7) is 0. The molecule has 0 aliphatic carbocycles. The van der Waals surface area contributed by atoms with Gasteiger partial charge in [0.25, 0.3) is 0 Å². The Morgan fingerprint density at radius 2 is 2.14 bits per heavy atom. The minimum Gasteiger partial charge on any atom is -0.390 e. The zero-order valence-electron chi connectivity index (χ0n) is 7.44. The molecule has 2 rings (SSSR count). The van der Waals surface area contributed by atoms with E-state index >= 15 is 0 Å². The van der Waals surface area contributed by atoms with Crippen molar-refractivity contribution in [3.05, 3.63) is 41.3 Å². The van der Waals surface area contributed by atoms with Gasteiger partial charge in [-0.15, -0.1) is 11.3 Å². The van der Waals surface area contributed by atoms with Crippen LogP contribution in [-0.2, 0) is 0 Å². The molecule has 1 aromatic heterocycles. The molecule has 0 radical (unpaired) electrons. The number of hydrogen-bond acceptors (Lipinski definition) is 2. The van der Waals surface area contributed by atoms with Gasteiger partial charge in [-0.2, -0.15) is 0 Å². The summed E-state index contributed by atoms with van der Waals surface area (Å²) >= 11 is 6.52. The maximum absolute atomic E-state index is 5.40. The van der Waals surface area contributed by atoms with Crippen LogP contribution in [0, 0.1) is 0 Å². The first-order valence-electron chi connectivity index (χ1n) is 4.21. The molecule has 0 saturated carbocycles. The summed E-state index contributed by atoms with van der Waals surface area (Å²) in [5.41, 5.74) is 6.58. The average Bonchev–Trinajstić information content (AvgIpc) is 2.58. The summed E-state index contributed by atoms with van der Waals surface area (Å²) in [6, 6.07) is 8.29. The molecule has 0 atom stereocenters. The van der Waals surface area contributed by atoms with Crippen LogP contribution in [0.1, 0.15) is 5.56 Å². The standard InChI is InChI=1S/C11H9NS2/c12-11(13)6-5-8-7-14-10-4-2-1-3-9(8)10/h1-7H,(H2,12,13). The maximum atomic E-state index is 5.40. The lowest BCUT2D eigenvalue weighted by atomic mass is 10.2. The molecule has 0 amide bonds. The van der Waals surface area contributed by atoms with Crippen LogP contribution >= 0.6 is 23.6 Å². The first-order chi connectivity index (χ1) is 6.77. The summed E-state index contributed by atoms with van der Waals surface area (Å²) in [4.78, 5) is 0.417. The van der Waals surface area contributed by atoms with Crippen LogP contribution in [0.25, 0.3) is 16.2 Å². The number of fused-ring (bicyclic) bond motifs is 1. The second kappa shape index (κ2) is 3.90. The zero-order valence-corrected chi connectivity index (χ0v) is 9.07. The highest BCUT2D eigenvalue weighted by atomic mass is 32.1. The molecule has 0 fully saturated rings. The van der Waals surface area contributed by atoms with E-state index < -0.39 is 0 Å². The third-order valence-corrected chi connectivity index (χ3v) is 3.06. The molecule has 0 bridgehead atoms. The number of nitrogens with two attached hydrogens (primary N) is 1. The molecule has 3 heteroatoms. The van der Waals surface area contributed by atoms with Crippen molar-refractivity contribution in [2.75, 3.05) is 0 Å². The van der Waals surface area contributed by atoms with Gasteiger partial charge in [-0.3, -0.25) is 0 Å². The highest BCUT2D eigenvalue weighted by Crippen LogP contribution is 2.26. The summed E-state index contributed by atoms with van der Waals surface area (Å²) < 4.78 is 1.29. The molecule has 1 heterocycles. The number of rotatable bonds is 2. The molecule has 14 heavy (non-hydrogen) atoms. The first-order valence-corrected chi connectivity index (χ1v) is 5.50. The second-order valence-electron chi connectivity index (χ2n) is 2.92. The van der Waals surface area contributed by atoms with Gasteiger partial charge in [0.15, 0.2) is 0 Å². The fourth-order valence-corrected chi connectivity index (χ4v) is 2.30. The van der Waals surface area contributed by atoms with Gasteiger partial charge in [0.05, 0.1) is 4.99 Å². The first kappa shape index (κ1) is 9.37. The van der Waals surface area contributed by atoms with Crippen LogP contribution in [0.3, 0.4) is 0 Å². The molecule has 2 N–H and O–H groups in total. The quantitative estimate of drug-likeness (QED) is 0.620. The highest BCUT2D eigenvalue weighted by Gasteiger charge is 1.98. The Balaban J connectivity index is 2.48. The van der Waals surface area contributed by atoms with Crippen molar-refractivity contribution < 1.29 is 0 Å². The molecule has 0 aliphatic rings. The summed E-state index contributed by atoms with van der Waals surface area (Å²) in [5, 5.41) is 3.37. The average molecular weight is 219 g/mol. The van der Waals surface area contributed by atoms with Crippen LogP contribution in [0.15, 0.2) is 35.7 Å². The summed E-state index contributed by atoms with van der Waals surface area (Å²) in [7, 11) is 0. The minimum absolute atomic E-state index is 0.417. The van der Waals surface area contributed by atoms with E-state index in [-0.39, 0.29) is 0 Å². The Labute approximate surface area is 91.9 Å². The lowest BCUT2D eigenvalue weighted by Gasteiger charge is -1.90. The van der Waals surface area contributed by atoms with E-state index in [2.05, 4.69) is 17.5 Å². The molecule has 1 aromatic carbocycles. The fourth-order valence-electron chi connectivity index (χ4n) is 1.30. The van der Waals surface area contributed by atoms with Crippen LogP contribution in [-0.4, -0.2) is 4.99 Å². The number of hydrogen-bond donors (Lipinski definition) is 1. The van der Waals surface area contributed by atoms with Crippen LogP contribution < -0.4 is 5.73 Å². The molecule has 0 aliphatic heterocycles. The summed E-state index contributed by atoms with van der Waals surface area (Å²) in [5.74, 6) is 0. The Kier molecular flexibility index (Phi) is 2.61. The molecular weight excluding hydrogens is 210 g/mol. The molecule has 2 aromatic rings. The van der Waals surface area contributed by atoms with Crippen molar-refractivity contribution in [2.45, 2.75) is 0 Å². The SMILES string of the molecule is NC(=S)C=Cc1csc2ccccc12. The Morgan fingerprint density at radius 1 is 1.36 bits per heavy atom. The Bertz CT molecular complexity index is 497. The second-order valence-corrected chi connectivity index (χ2v) is 4.31. The van der Waals surface area contributed by atoms with E-state index in [0.717, 1.165) is 0 Å². The molecule has 0 unspecified atom stereocenters. The van der Waals surface area contributed by atoms with Crippen LogP contribution in [0.2, 0.25) is 0 Å². The van der Waals surface area contributed by atoms with E-state index in [1.54, 1.807) is 17.4 Å². The van der Waals surface area contributed by atoms with Gasteiger partial charge in [0, 0.05) is 4.70 Å². The van der Waals surface area contributed by atoms with E-state index in [0.29, 0.717) is 4.99 Å². The van der Waals surface area contributed by atoms with Gasteiger partial charge in [-0.1, -0.05) is 36.5 Å². The van der Waals surface area contributed by atoms with E-state index in [1.807, 2.05) is 18.2 Å². The van der Waals surface area contributed by atoms with E-state index in [9.17, 15) is 0 Å². The minimum atomic E-state index is 0.417. The molecule has 1 nitrogen and oxygen atoms in total. The molecular formula is C11H9NS2. The van der Waals surface area contributed by atoms with E-state index in [1.165, 1.54) is 15.6 Å². The van der Waals surface area contributed by atoms with Crippen LogP contribution in [0.4, 0.5) is 0 Å². The molecule has 0 spiro atoms. The normalized spacial score (nSPS) is 11.1. The van der Waals surface area contributed by atoms with E-state index in [4.69, 9.17) is 18.0 Å². The largest absolute Gasteiger partial charge is 0.390 e. The fraction of sp³-hybridized carbons (Fsp3) is 0. The van der Waals surface area contributed by atoms with Crippen LogP contribution in [0.5, 0.6) is 0 Å². The van der Waals surface area contributed by atoms with Gasteiger partial charge in [0.1, 0.15) is 0 Å². The Hall–Kier alpha value is -1.19. The smallest absolute Gasteiger partial charge is 0.0962 e. The van der Waals surface area contributed by atoms with Gasteiger partial charge >= 0.3 is 0 Å². The van der Waals surface area contributed by atoms with Gasteiger partial charge in [-0.05, 0) is 28.5 Å². The lowest BCUT2D eigenvalue weighted by molar-refractivity contribution is 1.81. The van der Waals surface area contributed by atoms with Gasteiger partial charge in [-0.25, -0.2) is 0 Å². The number of benzene rings is 1. The predicted molar refractivity (Wildman–Crippen MR) is 67.6 cm³/mol.